The van der Waals surface area contributed by atoms with Gasteiger partial charge in [-0.1, -0.05) is 28.9 Å². The molecule has 1 fully saturated rings. The summed E-state index contributed by atoms with van der Waals surface area (Å²) in [6.45, 7) is 0.466. The SMILES string of the molecule is NC(CO)Cc1cn(C2CCN(c3ccccc3Cl)C2=O)nn1. The number of aromatic nitrogens is 3. The number of nitrogens with two attached hydrogens (primary N) is 1. The summed E-state index contributed by atoms with van der Waals surface area (Å²) in [7, 11) is 0. The van der Waals surface area contributed by atoms with Crippen molar-refractivity contribution in [2.45, 2.75) is 24.9 Å². The minimum Gasteiger partial charge on any atom is -0.395 e. The van der Waals surface area contributed by atoms with Crippen LogP contribution in [0.4, 0.5) is 5.69 Å². The quantitative estimate of drug-likeness (QED) is 0.841. The van der Waals surface area contributed by atoms with Crippen molar-refractivity contribution in [2.75, 3.05) is 18.1 Å². The normalized spacial score (nSPS) is 19.3. The first-order valence-electron chi connectivity index (χ1n) is 7.43. The molecular formula is C15H18ClN5O2. The van der Waals surface area contributed by atoms with E-state index in [-0.39, 0.29) is 18.6 Å². The number of carbonyl (C=O) groups is 1. The Balaban J connectivity index is 1.76. The molecule has 3 N–H and O–H groups in total. The van der Waals surface area contributed by atoms with Gasteiger partial charge in [0.15, 0.2) is 0 Å². The van der Waals surface area contributed by atoms with Gasteiger partial charge >= 0.3 is 0 Å². The highest BCUT2D eigenvalue weighted by atomic mass is 35.5. The third-order valence-corrected chi connectivity index (χ3v) is 4.22. The van der Waals surface area contributed by atoms with Crippen molar-refractivity contribution < 1.29 is 9.90 Å². The number of carbonyl (C=O) groups excluding carboxylic acids is 1. The van der Waals surface area contributed by atoms with Crippen LogP contribution in [0.15, 0.2) is 30.5 Å². The van der Waals surface area contributed by atoms with Crippen molar-refractivity contribution in [3.05, 3.63) is 41.2 Å². The van der Waals surface area contributed by atoms with Gasteiger partial charge in [-0.3, -0.25) is 4.79 Å². The maximum absolute atomic E-state index is 12.7. The van der Waals surface area contributed by atoms with Crippen molar-refractivity contribution in [1.82, 2.24) is 15.0 Å². The molecule has 7 nitrogen and oxygen atoms in total. The van der Waals surface area contributed by atoms with Gasteiger partial charge in [0.2, 0.25) is 0 Å². The average Bonchev–Trinajstić information content (AvgIpc) is 3.14. The van der Waals surface area contributed by atoms with Gasteiger partial charge < -0.3 is 15.7 Å². The zero-order valence-electron chi connectivity index (χ0n) is 12.5. The Morgan fingerprint density at radius 3 is 2.96 bits per heavy atom. The van der Waals surface area contributed by atoms with Gasteiger partial charge in [0.25, 0.3) is 5.91 Å². The predicted molar refractivity (Wildman–Crippen MR) is 86.2 cm³/mol. The molecule has 1 aromatic heterocycles. The van der Waals surface area contributed by atoms with Crippen molar-refractivity contribution in [1.29, 1.82) is 0 Å². The topological polar surface area (TPSA) is 97.3 Å². The fourth-order valence-corrected chi connectivity index (χ4v) is 2.95. The van der Waals surface area contributed by atoms with Crippen LogP contribution < -0.4 is 10.6 Å². The number of hydrogen-bond acceptors (Lipinski definition) is 5. The highest BCUT2D eigenvalue weighted by Crippen LogP contribution is 2.32. The Morgan fingerprint density at radius 1 is 1.43 bits per heavy atom. The fourth-order valence-electron chi connectivity index (χ4n) is 2.71. The van der Waals surface area contributed by atoms with Crippen molar-refractivity contribution in [2.24, 2.45) is 5.73 Å². The molecule has 122 valence electrons. The standard InChI is InChI=1S/C15H18ClN5O2/c16-12-3-1-2-4-13(12)20-6-5-14(15(20)23)21-8-11(18-19-21)7-10(17)9-22/h1-4,8,10,14,22H,5-7,9,17H2. The predicted octanol–water partition coefficient (Wildman–Crippen LogP) is 0.772. The molecule has 0 spiro atoms. The van der Waals surface area contributed by atoms with Gasteiger partial charge in [-0.15, -0.1) is 5.10 Å². The molecule has 2 aromatic rings. The van der Waals surface area contributed by atoms with Crippen LogP contribution in [-0.4, -0.2) is 45.2 Å². The molecule has 1 aliphatic heterocycles. The van der Waals surface area contributed by atoms with Crippen LogP contribution in [-0.2, 0) is 11.2 Å². The Bertz CT molecular complexity index is 705. The molecule has 2 unspecified atom stereocenters. The van der Waals surface area contributed by atoms with Crippen molar-refractivity contribution >= 4 is 23.2 Å². The smallest absolute Gasteiger partial charge is 0.252 e. The molecule has 2 atom stereocenters. The van der Waals surface area contributed by atoms with E-state index in [0.29, 0.717) is 35.8 Å². The Labute approximate surface area is 138 Å². The van der Waals surface area contributed by atoms with E-state index in [1.54, 1.807) is 21.8 Å². The van der Waals surface area contributed by atoms with Gasteiger partial charge in [-0.2, -0.15) is 0 Å². The first-order chi connectivity index (χ1) is 11.1. The zero-order chi connectivity index (χ0) is 16.4. The maximum Gasteiger partial charge on any atom is 0.252 e. The summed E-state index contributed by atoms with van der Waals surface area (Å²) < 4.78 is 1.57. The average molecular weight is 336 g/mol. The number of rotatable bonds is 5. The fraction of sp³-hybridized carbons (Fsp3) is 0.400. The van der Waals surface area contributed by atoms with E-state index >= 15 is 0 Å². The lowest BCUT2D eigenvalue weighted by Crippen LogP contribution is -2.28. The van der Waals surface area contributed by atoms with Crippen LogP contribution in [0.25, 0.3) is 0 Å². The number of para-hydroxylation sites is 1. The Morgan fingerprint density at radius 2 is 2.22 bits per heavy atom. The lowest BCUT2D eigenvalue weighted by atomic mass is 10.2. The first-order valence-corrected chi connectivity index (χ1v) is 7.81. The highest BCUT2D eigenvalue weighted by molar-refractivity contribution is 6.33. The summed E-state index contributed by atoms with van der Waals surface area (Å²) in [6, 6.07) is 6.51. The van der Waals surface area contributed by atoms with Crippen molar-refractivity contribution in [3.8, 4) is 0 Å². The molecule has 1 aromatic carbocycles. The molecule has 23 heavy (non-hydrogen) atoms. The van der Waals surface area contributed by atoms with Gasteiger partial charge in [0.05, 0.1) is 23.0 Å². The summed E-state index contributed by atoms with van der Waals surface area (Å²) in [5.74, 6) is -0.0546. The largest absolute Gasteiger partial charge is 0.395 e. The molecule has 2 heterocycles. The molecule has 0 bridgehead atoms. The van der Waals surface area contributed by atoms with E-state index in [2.05, 4.69) is 10.3 Å². The van der Waals surface area contributed by atoms with Crippen molar-refractivity contribution in [3.63, 3.8) is 0 Å². The second kappa shape index (κ2) is 6.66. The summed E-state index contributed by atoms with van der Waals surface area (Å²) in [6.07, 6.45) is 2.78. The van der Waals surface area contributed by atoms with E-state index in [0.717, 1.165) is 0 Å². The summed E-state index contributed by atoms with van der Waals surface area (Å²) in [4.78, 5) is 14.3. The van der Waals surface area contributed by atoms with Gasteiger partial charge in [0.1, 0.15) is 6.04 Å². The van der Waals surface area contributed by atoms with Crippen LogP contribution in [0.1, 0.15) is 18.2 Å². The number of anilines is 1. The first kappa shape index (κ1) is 15.9. The molecule has 0 radical (unpaired) electrons. The number of halogens is 1. The molecule has 8 heteroatoms. The molecule has 3 rings (SSSR count). The van der Waals surface area contributed by atoms with E-state index < -0.39 is 6.04 Å². The van der Waals surface area contributed by atoms with Crippen LogP contribution in [0.5, 0.6) is 0 Å². The molecule has 1 aliphatic rings. The van der Waals surface area contributed by atoms with Crippen LogP contribution >= 0.6 is 11.6 Å². The number of aliphatic hydroxyl groups excluding tert-OH is 1. The van der Waals surface area contributed by atoms with E-state index in [1.807, 2.05) is 18.2 Å². The second-order valence-electron chi connectivity index (χ2n) is 5.58. The van der Waals surface area contributed by atoms with E-state index in [9.17, 15) is 4.79 Å². The molecule has 1 amide bonds. The monoisotopic (exact) mass is 335 g/mol. The van der Waals surface area contributed by atoms with Gasteiger partial charge in [-0.25, -0.2) is 4.68 Å². The third-order valence-electron chi connectivity index (χ3n) is 3.90. The van der Waals surface area contributed by atoms with Crippen LogP contribution in [0.3, 0.4) is 0 Å². The minimum absolute atomic E-state index is 0.0546. The molecular weight excluding hydrogens is 318 g/mol. The lowest BCUT2D eigenvalue weighted by Gasteiger charge is -2.17. The molecule has 0 saturated carbocycles. The third kappa shape index (κ3) is 3.21. The second-order valence-corrected chi connectivity index (χ2v) is 5.99. The summed E-state index contributed by atoms with van der Waals surface area (Å²) >= 11 is 6.17. The number of hydrogen-bond donors (Lipinski definition) is 2. The molecule has 0 aliphatic carbocycles. The minimum atomic E-state index is -0.391. The number of aliphatic hydroxyl groups is 1. The lowest BCUT2D eigenvalue weighted by molar-refractivity contribution is -0.120. The molecule has 1 saturated heterocycles. The zero-order valence-corrected chi connectivity index (χ0v) is 13.2. The summed E-state index contributed by atoms with van der Waals surface area (Å²) in [5.41, 5.74) is 7.07. The van der Waals surface area contributed by atoms with Crippen LogP contribution in [0.2, 0.25) is 5.02 Å². The summed E-state index contributed by atoms with van der Waals surface area (Å²) in [5, 5.41) is 17.6. The van der Waals surface area contributed by atoms with E-state index in [4.69, 9.17) is 22.4 Å². The maximum atomic E-state index is 12.7. The highest BCUT2D eigenvalue weighted by Gasteiger charge is 2.35. The Hall–Kier alpha value is -1.96. The number of amides is 1. The number of benzene rings is 1. The van der Waals surface area contributed by atoms with Gasteiger partial charge in [-0.05, 0) is 18.6 Å². The Kier molecular flexibility index (Phi) is 4.61. The van der Waals surface area contributed by atoms with E-state index in [1.165, 1.54) is 0 Å². The van der Waals surface area contributed by atoms with Gasteiger partial charge in [0, 0.05) is 25.2 Å². The number of nitrogens with zero attached hydrogens (tertiary/aromatic N) is 4. The van der Waals surface area contributed by atoms with Crippen LogP contribution in [0, 0.1) is 0 Å².